The number of carbonyl (C=O) groups is 1. The second-order valence-corrected chi connectivity index (χ2v) is 4.32. The number of rotatable bonds is 3. The first-order valence-electron chi connectivity index (χ1n) is 4.77. The van der Waals surface area contributed by atoms with Gasteiger partial charge >= 0.3 is 11.7 Å². The molecule has 0 aliphatic heterocycles. The first kappa shape index (κ1) is 13.0. The van der Waals surface area contributed by atoms with E-state index in [1.165, 1.54) is 6.07 Å². The van der Waals surface area contributed by atoms with Crippen molar-refractivity contribution >= 4 is 27.6 Å². The summed E-state index contributed by atoms with van der Waals surface area (Å²) in [6.07, 6.45) is 0. The zero-order valence-electron chi connectivity index (χ0n) is 9.03. The van der Waals surface area contributed by atoms with Crippen LogP contribution in [0.3, 0.4) is 0 Å². The Morgan fingerprint density at radius 1 is 1.42 bits per heavy atom. The molecule has 98 valence electrons. The monoisotopic (exact) mass is 328 g/mol. The topological polar surface area (TPSA) is 127 Å². The molecule has 2 rings (SSSR count). The van der Waals surface area contributed by atoms with Crippen LogP contribution in [0.15, 0.2) is 27.2 Å². The molecular formula is C10H5BrN2O6. The Kier molecular flexibility index (Phi) is 3.21. The molecule has 19 heavy (non-hydrogen) atoms. The lowest BCUT2D eigenvalue weighted by atomic mass is 10.1. The predicted octanol–water partition coefficient (Wildman–Crippen LogP) is 2.42. The highest BCUT2D eigenvalue weighted by Crippen LogP contribution is 2.38. The van der Waals surface area contributed by atoms with Gasteiger partial charge in [0.2, 0.25) is 5.75 Å². The van der Waals surface area contributed by atoms with Crippen molar-refractivity contribution in [2.75, 3.05) is 0 Å². The van der Waals surface area contributed by atoms with Gasteiger partial charge in [-0.25, -0.2) is 4.79 Å². The van der Waals surface area contributed by atoms with E-state index in [0.29, 0.717) is 0 Å². The number of aromatic hydroxyl groups is 1. The van der Waals surface area contributed by atoms with Crippen molar-refractivity contribution in [3.05, 3.63) is 38.5 Å². The van der Waals surface area contributed by atoms with E-state index in [9.17, 15) is 20.0 Å². The number of nitro groups is 1. The van der Waals surface area contributed by atoms with Crippen LogP contribution in [-0.4, -0.2) is 26.3 Å². The van der Waals surface area contributed by atoms with Gasteiger partial charge in [0, 0.05) is 17.7 Å². The summed E-state index contributed by atoms with van der Waals surface area (Å²) >= 11 is 2.97. The van der Waals surface area contributed by atoms with Gasteiger partial charge < -0.3 is 14.7 Å². The summed E-state index contributed by atoms with van der Waals surface area (Å²) in [5.41, 5.74) is -0.629. The van der Waals surface area contributed by atoms with E-state index in [0.717, 1.165) is 12.1 Å². The zero-order chi connectivity index (χ0) is 14.2. The van der Waals surface area contributed by atoms with Crippen molar-refractivity contribution in [3.8, 4) is 17.1 Å². The van der Waals surface area contributed by atoms with E-state index in [4.69, 9.17) is 9.63 Å². The first-order chi connectivity index (χ1) is 8.90. The Morgan fingerprint density at radius 2 is 2.11 bits per heavy atom. The van der Waals surface area contributed by atoms with Gasteiger partial charge in [0.15, 0.2) is 11.5 Å². The van der Waals surface area contributed by atoms with Crippen molar-refractivity contribution in [3.63, 3.8) is 0 Å². The molecule has 8 nitrogen and oxygen atoms in total. The number of nitro benzene ring substituents is 1. The molecule has 1 aromatic carbocycles. The molecule has 0 atom stereocenters. The molecule has 0 fully saturated rings. The zero-order valence-corrected chi connectivity index (χ0v) is 10.6. The second-order valence-electron chi connectivity index (χ2n) is 3.46. The van der Waals surface area contributed by atoms with Gasteiger partial charge in [-0.3, -0.25) is 10.1 Å². The fourth-order valence-electron chi connectivity index (χ4n) is 1.38. The number of carboxylic acids is 1. The van der Waals surface area contributed by atoms with Gasteiger partial charge in [0.05, 0.1) is 9.40 Å². The van der Waals surface area contributed by atoms with E-state index in [2.05, 4.69) is 21.1 Å². The third kappa shape index (κ3) is 2.40. The number of hydrogen-bond acceptors (Lipinski definition) is 6. The molecule has 2 N–H and O–H groups in total. The van der Waals surface area contributed by atoms with Crippen LogP contribution < -0.4 is 0 Å². The molecule has 0 radical (unpaired) electrons. The third-order valence-electron chi connectivity index (χ3n) is 2.25. The smallest absolute Gasteiger partial charge is 0.358 e. The van der Waals surface area contributed by atoms with Crippen LogP contribution in [0.1, 0.15) is 10.5 Å². The molecule has 1 aromatic heterocycles. The molecule has 0 aliphatic rings. The summed E-state index contributed by atoms with van der Waals surface area (Å²) in [5.74, 6) is -1.75. The Hall–Kier alpha value is -2.42. The van der Waals surface area contributed by atoms with E-state index in [1.807, 2.05) is 0 Å². The minimum atomic E-state index is -1.28. The van der Waals surface area contributed by atoms with Crippen molar-refractivity contribution in [1.82, 2.24) is 5.16 Å². The molecule has 9 heteroatoms. The highest BCUT2D eigenvalue weighted by Gasteiger charge is 2.21. The van der Waals surface area contributed by atoms with Gasteiger partial charge in [0.25, 0.3) is 0 Å². The van der Waals surface area contributed by atoms with Gasteiger partial charge in [-0.15, -0.1) is 0 Å². The molecule has 1 heterocycles. The molecule has 0 unspecified atom stereocenters. The number of nitrogens with zero attached hydrogens (tertiary/aromatic N) is 2. The van der Waals surface area contributed by atoms with Crippen LogP contribution in [0.4, 0.5) is 5.69 Å². The van der Waals surface area contributed by atoms with Crippen molar-refractivity contribution < 1.29 is 24.5 Å². The summed E-state index contributed by atoms with van der Waals surface area (Å²) in [4.78, 5) is 20.7. The van der Waals surface area contributed by atoms with Gasteiger partial charge in [-0.1, -0.05) is 5.16 Å². The summed E-state index contributed by atoms with van der Waals surface area (Å²) in [6.45, 7) is 0. The Morgan fingerprint density at radius 3 is 2.63 bits per heavy atom. The van der Waals surface area contributed by atoms with Gasteiger partial charge in [-0.2, -0.15) is 0 Å². The minimum absolute atomic E-state index is 0.0428. The maximum atomic E-state index is 10.8. The van der Waals surface area contributed by atoms with E-state index in [-0.39, 0.29) is 21.5 Å². The number of phenolic OH excluding ortho intramolecular Hbond substituents is 1. The molecule has 0 spiro atoms. The van der Waals surface area contributed by atoms with Gasteiger partial charge in [-0.05, 0) is 22.0 Å². The number of benzene rings is 1. The molecule has 0 amide bonds. The van der Waals surface area contributed by atoms with Crippen LogP contribution in [0.2, 0.25) is 0 Å². The second kappa shape index (κ2) is 4.69. The average Bonchev–Trinajstić information content (AvgIpc) is 2.81. The molecular weight excluding hydrogens is 324 g/mol. The quantitative estimate of drug-likeness (QED) is 0.654. The van der Waals surface area contributed by atoms with E-state index in [1.54, 1.807) is 0 Å². The lowest BCUT2D eigenvalue weighted by Crippen LogP contribution is -1.94. The van der Waals surface area contributed by atoms with Crippen LogP contribution in [-0.2, 0) is 0 Å². The standard InChI is InChI=1S/C10H5BrN2O6/c11-5-1-4(2-7(9(5)14)13(17)18)8-3-6(10(15)16)12-19-8/h1-3,14H,(H,15,16). The number of halogens is 1. The number of carboxylic acid groups (broad SMARTS) is 1. The van der Waals surface area contributed by atoms with E-state index < -0.39 is 22.3 Å². The minimum Gasteiger partial charge on any atom is -0.501 e. The summed E-state index contributed by atoms with van der Waals surface area (Å²) in [7, 11) is 0. The molecule has 2 aromatic rings. The largest absolute Gasteiger partial charge is 0.501 e. The Labute approximate surface area is 113 Å². The number of aromatic carboxylic acids is 1. The molecule has 0 bridgehead atoms. The number of aromatic nitrogens is 1. The molecule has 0 saturated carbocycles. The Balaban J connectivity index is 2.56. The van der Waals surface area contributed by atoms with Crippen molar-refractivity contribution in [2.24, 2.45) is 0 Å². The maximum absolute atomic E-state index is 10.8. The summed E-state index contributed by atoms with van der Waals surface area (Å²) in [6, 6.07) is 3.55. The van der Waals surface area contributed by atoms with Crippen molar-refractivity contribution in [2.45, 2.75) is 0 Å². The average molecular weight is 329 g/mol. The van der Waals surface area contributed by atoms with Crippen LogP contribution in [0.5, 0.6) is 5.75 Å². The fourth-order valence-corrected chi connectivity index (χ4v) is 1.83. The maximum Gasteiger partial charge on any atom is 0.358 e. The molecule has 0 saturated heterocycles. The summed E-state index contributed by atoms with van der Waals surface area (Å²) in [5, 5.41) is 32.3. The lowest BCUT2D eigenvalue weighted by Gasteiger charge is -2.01. The molecule has 0 aliphatic carbocycles. The Bertz CT molecular complexity index is 681. The van der Waals surface area contributed by atoms with Crippen LogP contribution >= 0.6 is 15.9 Å². The normalized spacial score (nSPS) is 10.4. The van der Waals surface area contributed by atoms with Crippen LogP contribution in [0.25, 0.3) is 11.3 Å². The number of phenols is 1. The van der Waals surface area contributed by atoms with Crippen LogP contribution in [0, 0.1) is 10.1 Å². The third-order valence-corrected chi connectivity index (χ3v) is 2.86. The highest BCUT2D eigenvalue weighted by atomic mass is 79.9. The first-order valence-corrected chi connectivity index (χ1v) is 5.56. The fraction of sp³-hybridized carbons (Fsp3) is 0. The highest BCUT2D eigenvalue weighted by molar-refractivity contribution is 9.10. The van der Waals surface area contributed by atoms with E-state index >= 15 is 0 Å². The number of hydrogen-bond donors (Lipinski definition) is 2. The van der Waals surface area contributed by atoms with Gasteiger partial charge in [0.1, 0.15) is 0 Å². The lowest BCUT2D eigenvalue weighted by molar-refractivity contribution is -0.385. The predicted molar refractivity (Wildman–Crippen MR) is 64.9 cm³/mol. The van der Waals surface area contributed by atoms with Crippen molar-refractivity contribution in [1.29, 1.82) is 0 Å². The SMILES string of the molecule is O=C(O)c1cc(-c2cc(Br)c(O)c([N+](=O)[O-])c2)on1. The summed E-state index contributed by atoms with van der Waals surface area (Å²) < 4.78 is 4.87.